The molecule has 0 unspecified atom stereocenters. The van der Waals surface area contributed by atoms with Gasteiger partial charge in [-0.15, -0.1) is 11.8 Å². The lowest BCUT2D eigenvalue weighted by molar-refractivity contribution is 0.0459. The van der Waals surface area contributed by atoms with E-state index in [0.717, 1.165) is 37.4 Å². The van der Waals surface area contributed by atoms with Gasteiger partial charge >= 0.3 is 0 Å². The van der Waals surface area contributed by atoms with Crippen LogP contribution < -0.4 is 10.6 Å². The fourth-order valence-corrected chi connectivity index (χ4v) is 3.88. The average Bonchev–Trinajstić information content (AvgIpc) is 2.72. The number of thioether (sulfide) groups is 1. The molecule has 1 aliphatic heterocycles. The third-order valence-electron chi connectivity index (χ3n) is 2.99. The average molecular weight is 273 g/mol. The first-order valence-corrected chi connectivity index (χ1v) is 7.91. The van der Waals surface area contributed by atoms with Gasteiger partial charge in [0.25, 0.3) is 0 Å². The maximum absolute atomic E-state index is 5.86. The van der Waals surface area contributed by atoms with Crippen LogP contribution in [0, 0.1) is 0 Å². The molecule has 17 heavy (non-hydrogen) atoms. The molecule has 1 aromatic heterocycles. The van der Waals surface area contributed by atoms with Crippen LogP contribution in [0.5, 0.6) is 0 Å². The van der Waals surface area contributed by atoms with Gasteiger partial charge in [0.1, 0.15) is 5.00 Å². The number of hydrogen-bond donors (Lipinski definition) is 1. The highest BCUT2D eigenvalue weighted by molar-refractivity contribution is 7.99. The fraction of sp³-hybridized carbons (Fsp3) is 0.727. The van der Waals surface area contributed by atoms with Gasteiger partial charge in [-0.1, -0.05) is 0 Å². The molecule has 2 rings (SSSR count). The number of nitrogen functional groups attached to an aromatic ring is 1. The lowest BCUT2D eigenvalue weighted by Crippen LogP contribution is -2.36. The van der Waals surface area contributed by atoms with Gasteiger partial charge in [-0.3, -0.25) is 0 Å². The van der Waals surface area contributed by atoms with Gasteiger partial charge in [-0.25, -0.2) is 0 Å². The van der Waals surface area contributed by atoms with E-state index < -0.39 is 0 Å². The molecule has 1 fully saturated rings. The van der Waals surface area contributed by atoms with Crippen LogP contribution in [0.1, 0.15) is 19.8 Å². The van der Waals surface area contributed by atoms with Gasteiger partial charge in [-0.05, 0) is 37.6 Å². The molecule has 6 heteroatoms. The molecule has 0 bridgehead atoms. The Morgan fingerprint density at radius 1 is 1.53 bits per heavy atom. The largest absolute Gasteiger partial charge is 0.382 e. The summed E-state index contributed by atoms with van der Waals surface area (Å²) in [4.78, 5) is 3.51. The Morgan fingerprint density at radius 3 is 2.82 bits per heavy atom. The van der Waals surface area contributed by atoms with Crippen LogP contribution in [0.2, 0.25) is 0 Å². The van der Waals surface area contributed by atoms with Gasteiger partial charge in [-0.2, -0.15) is 4.37 Å². The van der Waals surface area contributed by atoms with Gasteiger partial charge in [0.2, 0.25) is 0 Å². The maximum atomic E-state index is 5.86. The highest BCUT2D eigenvalue weighted by atomic mass is 32.2. The van der Waals surface area contributed by atoms with Crippen molar-refractivity contribution in [1.82, 2.24) is 4.37 Å². The van der Waals surface area contributed by atoms with Crippen molar-refractivity contribution in [3.05, 3.63) is 0 Å². The van der Waals surface area contributed by atoms with Crippen molar-refractivity contribution in [3.8, 4) is 0 Å². The lowest BCUT2D eigenvalue weighted by atomic mass is 10.1. The van der Waals surface area contributed by atoms with Gasteiger partial charge < -0.3 is 15.4 Å². The summed E-state index contributed by atoms with van der Waals surface area (Å²) in [5.74, 6) is 0.671. The summed E-state index contributed by atoms with van der Waals surface area (Å²) in [7, 11) is 0. The number of aromatic nitrogens is 1. The summed E-state index contributed by atoms with van der Waals surface area (Å²) in [6.45, 7) is 4.95. The predicted octanol–water partition coefficient (Wildman–Crippen LogP) is 2.45. The Morgan fingerprint density at radius 2 is 2.24 bits per heavy atom. The number of nitrogens with zero attached hydrogens (tertiary/aromatic N) is 2. The third kappa shape index (κ3) is 2.86. The van der Waals surface area contributed by atoms with Crippen molar-refractivity contribution >= 4 is 34.1 Å². The summed E-state index contributed by atoms with van der Waals surface area (Å²) in [6, 6.07) is 0. The van der Waals surface area contributed by atoms with Crippen LogP contribution in [0.3, 0.4) is 0 Å². The summed E-state index contributed by atoms with van der Waals surface area (Å²) in [5, 5.41) is 1.23. The summed E-state index contributed by atoms with van der Waals surface area (Å²) in [6.07, 6.45) is 4.68. The Hall–Kier alpha value is -0.460. The zero-order valence-electron chi connectivity index (χ0n) is 10.3. The van der Waals surface area contributed by atoms with Crippen LogP contribution in [0.4, 0.5) is 10.8 Å². The highest BCUT2D eigenvalue weighted by Gasteiger charge is 2.23. The molecule has 2 heterocycles. The van der Waals surface area contributed by atoms with E-state index in [2.05, 4.69) is 22.5 Å². The predicted molar refractivity (Wildman–Crippen MR) is 75.2 cm³/mol. The Labute approximate surface area is 111 Å². The first-order valence-electron chi connectivity index (χ1n) is 5.92. The maximum Gasteiger partial charge on any atom is 0.153 e. The minimum absolute atomic E-state index is 0.430. The number of anilines is 2. The van der Waals surface area contributed by atoms with E-state index in [1.807, 2.05) is 0 Å². The number of rotatable bonds is 4. The first kappa shape index (κ1) is 13.0. The minimum atomic E-state index is 0.430. The smallest absolute Gasteiger partial charge is 0.153 e. The van der Waals surface area contributed by atoms with Crippen LogP contribution in [0.25, 0.3) is 0 Å². The molecule has 0 amide bonds. The second-order valence-corrected chi connectivity index (χ2v) is 5.62. The molecule has 0 saturated carbocycles. The molecule has 1 aromatic rings. The van der Waals surface area contributed by atoms with Crippen molar-refractivity contribution in [3.63, 3.8) is 0 Å². The summed E-state index contributed by atoms with van der Waals surface area (Å²) >= 11 is 3.19. The van der Waals surface area contributed by atoms with E-state index >= 15 is 0 Å². The molecule has 96 valence electrons. The van der Waals surface area contributed by atoms with Crippen molar-refractivity contribution in [2.45, 2.75) is 30.8 Å². The Kier molecular flexibility index (Phi) is 4.53. The van der Waals surface area contributed by atoms with Crippen LogP contribution >= 0.6 is 23.3 Å². The minimum Gasteiger partial charge on any atom is -0.382 e. The second-order valence-electron chi connectivity index (χ2n) is 4.05. The quantitative estimate of drug-likeness (QED) is 0.854. The number of ether oxygens (including phenoxy) is 1. The fourth-order valence-electron chi connectivity index (χ4n) is 2.14. The zero-order chi connectivity index (χ0) is 12.3. The number of piperidine rings is 1. The monoisotopic (exact) mass is 273 g/mol. The second kappa shape index (κ2) is 5.93. The van der Waals surface area contributed by atoms with Crippen molar-refractivity contribution in [2.75, 3.05) is 36.6 Å². The molecule has 0 aromatic carbocycles. The van der Waals surface area contributed by atoms with E-state index in [1.165, 1.54) is 16.5 Å². The van der Waals surface area contributed by atoms with Crippen LogP contribution in [-0.4, -0.2) is 36.4 Å². The van der Waals surface area contributed by atoms with E-state index in [1.54, 1.807) is 11.8 Å². The molecular formula is C11H19N3OS2. The van der Waals surface area contributed by atoms with Gasteiger partial charge in [0.05, 0.1) is 11.0 Å². The van der Waals surface area contributed by atoms with Crippen molar-refractivity contribution < 1.29 is 4.74 Å². The third-order valence-corrected chi connectivity index (χ3v) is 4.86. The first-order chi connectivity index (χ1) is 8.26. The summed E-state index contributed by atoms with van der Waals surface area (Å²) < 4.78 is 9.90. The molecule has 0 radical (unpaired) electrons. The molecule has 2 N–H and O–H groups in total. The topological polar surface area (TPSA) is 51.4 Å². The highest BCUT2D eigenvalue weighted by Crippen LogP contribution is 2.38. The molecule has 1 saturated heterocycles. The van der Waals surface area contributed by atoms with Crippen molar-refractivity contribution in [2.24, 2.45) is 0 Å². The SMILES string of the molecule is CCOC1CCN(c2snc(N)c2SC)CC1. The molecular weight excluding hydrogens is 254 g/mol. The molecule has 0 spiro atoms. The summed E-state index contributed by atoms with van der Waals surface area (Å²) in [5.41, 5.74) is 5.86. The molecule has 1 aliphatic rings. The Bertz CT molecular complexity index is 362. The number of hydrogen-bond acceptors (Lipinski definition) is 6. The standard InChI is InChI=1S/C11H19N3OS2/c1-3-15-8-4-6-14(7-5-8)11-9(16-2)10(12)13-17-11/h8H,3-7H2,1-2H3,(H2,12,13). The number of nitrogens with two attached hydrogens (primary N) is 1. The van der Waals surface area contributed by atoms with Gasteiger partial charge in [0.15, 0.2) is 5.82 Å². The zero-order valence-corrected chi connectivity index (χ0v) is 11.9. The molecule has 4 nitrogen and oxygen atoms in total. The van der Waals surface area contributed by atoms with Gasteiger partial charge in [0, 0.05) is 19.7 Å². The molecule has 0 aliphatic carbocycles. The lowest BCUT2D eigenvalue weighted by Gasteiger charge is -2.32. The molecule has 0 atom stereocenters. The van der Waals surface area contributed by atoms with E-state index in [0.29, 0.717) is 11.9 Å². The van der Waals surface area contributed by atoms with E-state index in [-0.39, 0.29) is 0 Å². The van der Waals surface area contributed by atoms with Crippen LogP contribution in [-0.2, 0) is 4.74 Å². The Balaban J connectivity index is 2.00. The van der Waals surface area contributed by atoms with E-state index in [9.17, 15) is 0 Å². The van der Waals surface area contributed by atoms with Crippen LogP contribution in [0.15, 0.2) is 4.90 Å². The van der Waals surface area contributed by atoms with E-state index in [4.69, 9.17) is 10.5 Å². The normalized spacial score (nSPS) is 17.6. The van der Waals surface area contributed by atoms with Crippen molar-refractivity contribution in [1.29, 1.82) is 0 Å².